The zero-order valence-corrected chi connectivity index (χ0v) is 11.2. The Morgan fingerprint density at radius 2 is 2.16 bits per heavy atom. The summed E-state index contributed by atoms with van der Waals surface area (Å²) >= 11 is 0. The van der Waals surface area contributed by atoms with Gasteiger partial charge in [-0.15, -0.1) is 0 Å². The first-order chi connectivity index (χ1) is 9.08. The van der Waals surface area contributed by atoms with Crippen LogP contribution in [0.15, 0.2) is 24.3 Å². The minimum Gasteiger partial charge on any atom is -0.355 e. The average molecular weight is 265 g/mol. The van der Waals surface area contributed by atoms with Gasteiger partial charge >= 0.3 is 0 Å². The number of benzene rings is 1. The molecule has 1 atom stereocenters. The van der Waals surface area contributed by atoms with Crippen LogP contribution in [0, 0.1) is 10.1 Å². The van der Waals surface area contributed by atoms with E-state index in [1.807, 2.05) is 19.9 Å². The molecule has 0 aliphatic carbocycles. The monoisotopic (exact) mass is 265 g/mol. The van der Waals surface area contributed by atoms with Crippen LogP contribution in [-0.2, 0) is 4.79 Å². The highest BCUT2D eigenvalue weighted by Crippen LogP contribution is 2.21. The first-order valence-electron chi connectivity index (χ1n) is 6.32. The molecular formula is C13H19N3O3. The molecule has 2 N–H and O–H groups in total. The number of nitrogens with zero attached hydrogens (tertiary/aromatic N) is 1. The fraction of sp³-hybridized carbons (Fsp3) is 0.462. The maximum absolute atomic E-state index is 11.4. The van der Waals surface area contributed by atoms with E-state index in [-0.39, 0.29) is 24.2 Å². The highest BCUT2D eigenvalue weighted by molar-refractivity contribution is 5.77. The molecule has 19 heavy (non-hydrogen) atoms. The maximum atomic E-state index is 11.4. The number of hydrogen-bond acceptors (Lipinski definition) is 4. The molecule has 1 unspecified atom stereocenters. The Kier molecular flexibility index (Phi) is 5.95. The van der Waals surface area contributed by atoms with Gasteiger partial charge in [-0.2, -0.15) is 0 Å². The first-order valence-corrected chi connectivity index (χ1v) is 6.32. The molecule has 0 heterocycles. The van der Waals surface area contributed by atoms with Crippen LogP contribution < -0.4 is 10.6 Å². The summed E-state index contributed by atoms with van der Waals surface area (Å²) in [5, 5.41) is 16.5. The van der Waals surface area contributed by atoms with E-state index in [1.54, 1.807) is 12.1 Å². The second-order valence-electron chi connectivity index (χ2n) is 4.15. The van der Waals surface area contributed by atoms with Gasteiger partial charge in [-0.3, -0.25) is 14.9 Å². The van der Waals surface area contributed by atoms with Crippen molar-refractivity contribution < 1.29 is 9.72 Å². The number of likely N-dealkylation sites (N-methyl/N-ethyl adjacent to an activating group) is 1. The van der Waals surface area contributed by atoms with Gasteiger partial charge in [0.2, 0.25) is 5.91 Å². The number of non-ortho nitro benzene ring substituents is 1. The van der Waals surface area contributed by atoms with Gasteiger partial charge in [0.1, 0.15) is 0 Å². The van der Waals surface area contributed by atoms with Crippen LogP contribution in [-0.4, -0.2) is 23.9 Å². The molecule has 0 aromatic heterocycles. The maximum Gasteiger partial charge on any atom is 0.269 e. The molecule has 0 radical (unpaired) electrons. The number of hydrogen-bond donors (Lipinski definition) is 2. The molecule has 1 aromatic rings. The van der Waals surface area contributed by atoms with Gasteiger partial charge in [0.15, 0.2) is 0 Å². The zero-order valence-electron chi connectivity index (χ0n) is 11.2. The van der Waals surface area contributed by atoms with Crippen molar-refractivity contribution in [3.05, 3.63) is 39.9 Å². The summed E-state index contributed by atoms with van der Waals surface area (Å²) in [6, 6.07) is 6.41. The van der Waals surface area contributed by atoms with E-state index in [9.17, 15) is 14.9 Å². The van der Waals surface area contributed by atoms with Crippen molar-refractivity contribution in [2.75, 3.05) is 13.1 Å². The summed E-state index contributed by atoms with van der Waals surface area (Å²) in [7, 11) is 0. The predicted octanol–water partition coefficient (Wildman–Crippen LogP) is 1.77. The van der Waals surface area contributed by atoms with Crippen molar-refractivity contribution in [2.24, 2.45) is 0 Å². The lowest BCUT2D eigenvalue weighted by molar-refractivity contribution is -0.384. The topological polar surface area (TPSA) is 84.3 Å². The van der Waals surface area contributed by atoms with Gasteiger partial charge in [0, 0.05) is 24.7 Å². The van der Waals surface area contributed by atoms with Gasteiger partial charge in [-0.25, -0.2) is 0 Å². The molecular weight excluding hydrogens is 246 g/mol. The number of carbonyl (C=O) groups excluding carboxylic acids is 1. The Morgan fingerprint density at radius 1 is 1.42 bits per heavy atom. The molecule has 6 nitrogen and oxygen atoms in total. The highest BCUT2D eigenvalue weighted by atomic mass is 16.6. The van der Waals surface area contributed by atoms with E-state index in [0.29, 0.717) is 6.54 Å². The molecule has 0 aliphatic rings. The Balaban J connectivity index is 2.71. The van der Waals surface area contributed by atoms with Crippen molar-refractivity contribution in [3.8, 4) is 0 Å². The fourth-order valence-corrected chi connectivity index (χ4v) is 1.83. The molecule has 0 saturated carbocycles. The van der Waals surface area contributed by atoms with Crippen LogP contribution in [0.2, 0.25) is 0 Å². The minimum absolute atomic E-state index is 0.0655. The quantitative estimate of drug-likeness (QED) is 0.581. The SMILES string of the molecule is CCNC(=O)CNC(CC)c1cccc([N+](=O)[O-])c1. The fourth-order valence-electron chi connectivity index (χ4n) is 1.83. The summed E-state index contributed by atoms with van der Waals surface area (Å²) in [5.74, 6) is -0.0774. The third kappa shape index (κ3) is 4.67. The van der Waals surface area contributed by atoms with Gasteiger partial charge in [-0.05, 0) is 18.9 Å². The van der Waals surface area contributed by atoms with E-state index >= 15 is 0 Å². The van der Waals surface area contributed by atoms with Crippen molar-refractivity contribution in [3.63, 3.8) is 0 Å². The van der Waals surface area contributed by atoms with Crippen LogP contribution in [0.4, 0.5) is 5.69 Å². The van der Waals surface area contributed by atoms with Crippen LogP contribution in [0.1, 0.15) is 31.9 Å². The molecule has 0 bridgehead atoms. The predicted molar refractivity (Wildman–Crippen MR) is 72.8 cm³/mol. The normalized spacial score (nSPS) is 11.9. The van der Waals surface area contributed by atoms with Gasteiger partial charge in [0.25, 0.3) is 5.69 Å². The minimum atomic E-state index is -0.417. The van der Waals surface area contributed by atoms with Gasteiger partial charge < -0.3 is 10.6 Å². The molecule has 0 fully saturated rings. The van der Waals surface area contributed by atoms with Crippen LogP contribution in [0.5, 0.6) is 0 Å². The first kappa shape index (κ1) is 15.1. The van der Waals surface area contributed by atoms with E-state index in [1.165, 1.54) is 6.07 Å². The Hall–Kier alpha value is -1.95. The van der Waals surface area contributed by atoms with Crippen LogP contribution >= 0.6 is 0 Å². The summed E-state index contributed by atoms with van der Waals surface area (Å²) in [5.41, 5.74) is 0.886. The van der Waals surface area contributed by atoms with Gasteiger partial charge in [0.05, 0.1) is 11.5 Å². The smallest absolute Gasteiger partial charge is 0.269 e. The Morgan fingerprint density at radius 3 is 2.74 bits per heavy atom. The number of carbonyl (C=O) groups is 1. The number of rotatable bonds is 7. The third-order valence-electron chi connectivity index (χ3n) is 2.77. The van der Waals surface area contributed by atoms with Crippen molar-refractivity contribution in [2.45, 2.75) is 26.3 Å². The molecule has 1 rings (SSSR count). The second kappa shape index (κ2) is 7.48. The molecule has 0 spiro atoms. The summed E-state index contributed by atoms with van der Waals surface area (Å²) in [4.78, 5) is 21.7. The number of nitro groups is 1. The van der Waals surface area contributed by atoms with Crippen molar-refractivity contribution >= 4 is 11.6 Å². The van der Waals surface area contributed by atoms with E-state index in [4.69, 9.17) is 0 Å². The lowest BCUT2D eigenvalue weighted by Crippen LogP contribution is -2.35. The second-order valence-corrected chi connectivity index (χ2v) is 4.15. The van der Waals surface area contributed by atoms with E-state index in [0.717, 1.165) is 12.0 Å². The van der Waals surface area contributed by atoms with Crippen LogP contribution in [0.25, 0.3) is 0 Å². The summed E-state index contributed by atoms with van der Waals surface area (Å²) in [6.45, 7) is 4.62. The number of nitro benzene ring substituents is 1. The van der Waals surface area contributed by atoms with Crippen molar-refractivity contribution in [1.82, 2.24) is 10.6 Å². The van der Waals surface area contributed by atoms with Crippen LogP contribution in [0.3, 0.4) is 0 Å². The highest BCUT2D eigenvalue weighted by Gasteiger charge is 2.13. The van der Waals surface area contributed by atoms with Crippen molar-refractivity contribution in [1.29, 1.82) is 0 Å². The molecule has 0 saturated heterocycles. The lowest BCUT2D eigenvalue weighted by Gasteiger charge is -2.16. The molecule has 1 amide bonds. The zero-order chi connectivity index (χ0) is 14.3. The average Bonchev–Trinajstić information content (AvgIpc) is 2.40. The largest absolute Gasteiger partial charge is 0.355 e. The third-order valence-corrected chi connectivity index (χ3v) is 2.77. The Labute approximate surface area is 112 Å². The molecule has 0 aliphatic heterocycles. The number of amides is 1. The molecule has 1 aromatic carbocycles. The van der Waals surface area contributed by atoms with E-state index in [2.05, 4.69) is 10.6 Å². The van der Waals surface area contributed by atoms with Gasteiger partial charge in [-0.1, -0.05) is 19.1 Å². The Bertz CT molecular complexity index is 449. The number of nitrogens with one attached hydrogen (secondary N) is 2. The molecule has 104 valence electrons. The summed E-state index contributed by atoms with van der Waals surface area (Å²) in [6.07, 6.45) is 0.751. The molecule has 6 heteroatoms. The lowest BCUT2D eigenvalue weighted by atomic mass is 10.0. The standard InChI is InChI=1S/C13H19N3O3/c1-3-12(15-9-13(17)14-4-2)10-6-5-7-11(8-10)16(18)19/h5-8,12,15H,3-4,9H2,1-2H3,(H,14,17). The van der Waals surface area contributed by atoms with E-state index < -0.39 is 4.92 Å². The summed E-state index contributed by atoms with van der Waals surface area (Å²) < 4.78 is 0.